The van der Waals surface area contributed by atoms with Gasteiger partial charge in [-0.2, -0.15) is 0 Å². The lowest BCUT2D eigenvalue weighted by atomic mass is 9.77. The molecule has 1 heteroatoms. The minimum Gasteiger partial charge on any atom is -0.457 e. The molecular weight excluding hydrogens is 665 g/mol. The van der Waals surface area contributed by atoms with Crippen LogP contribution in [0.4, 0.5) is 0 Å². The maximum Gasteiger partial charge on any atom is 0.127 e. The first-order valence-corrected chi connectivity index (χ1v) is 19.7. The molecule has 0 saturated carbocycles. The summed E-state index contributed by atoms with van der Waals surface area (Å²) >= 11 is 0. The summed E-state index contributed by atoms with van der Waals surface area (Å²) in [4.78, 5) is 0. The van der Waals surface area contributed by atoms with E-state index in [2.05, 4.69) is 201 Å². The van der Waals surface area contributed by atoms with Crippen molar-refractivity contribution in [2.24, 2.45) is 11.8 Å². The molecule has 8 rings (SSSR count). The Balaban J connectivity index is 0.899. The van der Waals surface area contributed by atoms with E-state index in [-0.39, 0.29) is 0 Å². The average Bonchev–Trinajstić information content (AvgIpc) is 3.20. The van der Waals surface area contributed by atoms with Crippen molar-refractivity contribution in [3.63, 3.8) is 0 Å². The van der Waals surface area contributed by atoms with Crippen molar-refractivity contribution in [3.05, 3.63) is 256 Å². The molecule has 7 aromatic rings. The molecule has 0 heterocycles. The summed E-state index contributed by atoms with van der Waals surface area (Å²) in [5.74, 6) is 2.54. The molecule has 7 aromatic carbocycles. The predicted molar refractivity (Wildman–Crippen MR) is 230 cm³/mol. The van der Waals surface area contributed by atoms with Gasteiger partial charge in [0.2, 0.25) is 0 Å². The largest absolute Gasteiger partial charge is 0.457 e. The highest BCUT2D eigenvalue weighted by Gasteiger charge is 2.23. The van der Waals surface area contributed by atoms with Crippen LogP contribution >= 0.6 is 0 Å². The van der Waals surface area contributed by atoms with Crippen LogP contribution in [0, 0.1) is 11.8 Å². The SMILES string of the molecule is CC1C(c2cccc(Cc3cccc(Cc4cccc(Cc5ccccc5)c4)c3)c2)=CC=CC1Cc1cccc(Oc2cccc(Cc3ccccc3)c2)c1. The summed E-state index contributed by atoms with van der Waals surface area (Å²) in [5, 5.41) is 0. The minimum atomic E-state index is 0.389. The van der Waals surface area contributed by atoms with Crippen LogP contribution in [0.15, 0.2) is 200 Å². The number of hydrogen-bond acceptors (Lipinski definition) is 1. The normalized spacial score (nSPS) is 15.0. The molecule has 1 aliphatic rings. The summed E-state index contributed by atoms with van der Waals surface area (Å²) in [7, 11) is 0. The molecule has 55 heavy (non-hydrogen) atoms. The van der Waals surface area contributed by atoms with Crippen molar-refractivity contribution in [3.8, 4) is 11.5 Å². The lowest BCUT2D eigenvalue weighted by molar-refractivity contribution is 0.478. The number of allylic oxidation sites excluding steroid dienone is 4. The fraction of sp³-hybridized carbons (Fsp3) is 0.148. The maximum absolute atomic E-state index is 6.40. The van der Waals surface area contributed by atoms with Gasteiger partial charge in [-0.3, -0.25) is 0 Å². The highest BCUT2D eigenvalue weighted by Crippen LogP contribution is 2.36. The highest BCUT2D eigenvalue weighted by molar-refractivity contribution is 5.71. The molecule has 1 aliphatic carbocycles. The van der Waals surface area contributed by atoms with Crippen LogP contribution in [0.2, 0.25) is 0 Å². The van der Waals surface area contributed by atoms with Crippen molar-refractivity contribution in [1.82, 2.24) is 0 Å². The van der Waals surface area contributed by atoms with Gasteiger partial charge in [-0.05, 0) is 129 Å². The Morgan fingerprint density at radius 1 is 0.400 bits per heavy atom. The van der Waals surface area contributed by atoms with Crippen molar-refractivity contribution < 1.29 is 4.74 Å². The molecule has 0 N–H and O–H groups in total. The quantitative estimate of drug-likeness (QED) is 0.116. The Hall–Kier alpha value is -6.18. The molecule has 0 amide bonds. The molecule has 0 bridgehead atoms. The van der Waals surface area contributed by atoms with Crippen LogP contribution in [0.25, 0.3) is 5.57 Å². The lowest BCUT2D eigenvalue weighted by Gasteiger charge is -2.27. The molecule has 0 aliphatic heterocycles. The molecule has 0 saturated heterocycles. The first-order chi connectivity index (χ1) is 27.1. The third kappa shape index (κ3) is 9.68. The molecule has 0 spiro atoms. The second-order valence-electron chi connectivity index (χ2n) is 15.1. The van der Waals surface area contributed by atoms with Gasteiger partial charge in [-0.1, -0.05) is 183 Å². The van der Waals surface area contributed by atoms with Crippen LogP contribution in [0.1, 0.15) is 62.6 Å². The van der Waals surface area contributed by atoms with E-state index in [1.807, 2.05) is 6.07 Å². The van der Waals surface area contributed by atoms with Crippen LogP contribution in [-0.2, 0) is 32.1 Å². The van der Waals surface area contributed by atoms with Crippen LogP contribution in [0.3, 0.4) is 0 Å². The zero-order chi connectivity index (χ0) is 37.2. The molecule has 270 valence electrons. The highest BCUT2D eigenvalue weighted by atomic mass is 16.5. The standard InChI is InChI=1S/C54H48O/c1-40-50(36-49-24-12-28-53(39-49)55-52-27-11-23-48(38-52)31-42-16-6-3-7-17-42)25-13-29-54(40)51-26-10-22-47(37-51)35-46-21-9-20-45(34-46)33-44-19-8-18-43(32-44)30-41-14-4-2-5-15-41/h2-29,32,34,37-40,50H,30-31,33,35-36H2,1H3. The smallest absolute Gasteiger partial charge is 0.127 e. The van der Waals surface area contributed by atoms with E-state index in [0.29, 0.717) is 11.8 Å². The summed E-state index contributed by atoms with van der Waals surface area (Å²) in [6.07, 6.45) is 11.6. The first-order valence-electron chi connectivity index (χ1n) is 19.7. The van der Waals surface area contributed by atoms with Gasteiger partial charge in [0, 0.05) is 0 Å². The van der Waals surface area contributed by atoms with Gasteiger partial charge in [0.1, 0.15) is 11.5 Å². The van der Waals surface area contributed by atoms with Gasteiger partial charge in [-0.25, -0.2) is 0 Å². The zero-order valence-electron chi connectivity index (χ0n) is 31.7. The monoisotopic (exact) mass is 712 g/mol. The zero-order valence-corrected chi connectivity index (χ0v) is 31.7. The number of rotatable bonds is 13. The van der Waals surface area contributed by atoms with Crippen molar-refractivity contribution >= 4 is 5.57 Å². The molecule has 0 aromatic heterocycles. The summed E-state index contributed by atoms with van der Waals surface area (Å²) in [5.41, 5.74) is 14.7. The van der Waals surface area contributed by atoms with Crippen LogP contribution in [-0.4, -0.2) is 0 Å². The maximum atomic E-state index is 6.40. The van der Waals surface area contributed by atoms with Gasteiger partial charge < -0.3 is 4.74 Å². The Morgan fingerprint density at radius 3 is 1.38 bits per heavy atom. The van der Waals surface area contributed by atoms with E-state index in [0.717, 1.165) is 43.6 Å². The average molecular weight is 713 g/mol. The second-order valence-corrected chi connectivity index (χ2v) is 15.1. The molecule has 0 fully saturated rings. The summed E-state index contributed by atoms with van der Waals surface area (Å²) in [6, 6.07) is 65.7. The fourth-order valence-corrected chi connectivity index (χ4v) is 8.01. The summed E-state index contributed by atoms with van der Waals surface area (Å²) < 4.78 is 6.40. The number of hydrogen-bond donors (Lipinski definition) is 0. The molecule has 1 nitrogen and oxygen atoms in total. The molecule has 2 unspecified atom stereocenters. The van der Waals surface area contributed by atoms with Gasteiger partial charge in [0.05, 0.1) is 0 Å². The lowest BCUT2D eigenvalue weighted by Crippen LogP contribution is -2.16. The summed E-state index contributed by atoms with van der Waals surface area (Å²) in [6.45, 7) is 2.38. The van der Waals surface area contributed by atoms with Crippen LogP contribution in [0.5, 0.6) is 11.5 Å². The number of benzene rings is 7. The third-order valence-electron chi connectivity index (χ3n) is 10.8. The van der Waals surface area contributed by atoms with Crippen molar-refractivity contribution in [1.29, 1.82) is 0 Å². The Labute approximate surface area is 327 Å². The second kappa shape index (κ2) is 17.3. The molecule has 2 atom stereocenters. The van der Waals surface area contributed by atoms with Crippen LogP contribution < -0.4 is 4.74 Å². The fourth-order valence-electron chi connectivity index (χ4n) is 8.01. The third-order valence-corrected chi connectivity index (χ3v) is 10.8. The van der Waals surface area contributed by atoms with Crippen molar-refractivity contribution in [2.45, 2.75) is 39.0 Å². The van der Waals surface area contributed by atoms with Gasteiger partial charge >= 0.3 is 0 Å². The van der Waals surface area contributed by atoms with E-state index in [1.165, 1.54) is 61.2 Å². The van der Waals surface area contributed by atoms with Gasteiger partial charge in [-0.15, -0.1) is 0 Å². The van der Waals surface area contributed by atoms with E-state index >= 15 is 0 Å². The predicted octanol–water partition coefficient (Wildman–Crippen LogP) is 13.3. The Bertz CT molecular complexity index is 2400. The molecular formula is C54H48O. The van der Waals surface area contributed by atoms with E-state index < -0.39 is 0 Å². The Kier molecular flexibility index (Phi) is 11.3. The van der Waals surface area contributed by atoms with Crippen molar-refractivity contribution in [2.75, 3.05) is 0 Å². The number of ether oxygens (including phenoxy) is 1. The van der Waals surface area contributed by atoms with Gasteiger partial charge in [0.15, 0.2) is 0 Å². The van der Waals surface area contributed by atoms with E-state index in [4.69, 9.17) is 4.74 Å². The minimum absolute atomic E-state index is 0.389. The van der Waals surface area contributed by atoms with Gasteiger partial charge in [0.25, 0.3) is 0 Å². The topological polar surface area (TPSA) is 9.23 Å². The first kappa shape index (κ1) is 35.8. The van der Waals surface area contributed by atoms with E-state index in [1.54, 1.807) is 0 Å². The molecule has 0 radical (unpaired) electrons. The Morgan fingerprint density at radius 2 is 0.818 bits per heavy atom. The van der Waals surface area contributed by atoms with E-state index in [9.17, 15) is 0 Å².